The number of rotatable bonds is 3. The molecular formula is C13H8N4O4. The maximum absolute atomic E-state index is 11.2. The Morgan fingerprint density at radius 1 is 1.29 bits per heavy atom. The lowest BCUT2D eigenvalue weighted by Crippen LogP contribution is -2.06. The maximum Gasteiger partial charge on any atom is 0.337 e. The van der Waals surface area contributed by atoms with E-state index >= 15 is 0 Å². The Labute approximate surface area is 117 Å². The molecule has 0 amide bonds. The predicted octanol–water partition coefficient (Wildman–Crippen LogP) is 2.03. The summed E-state index contributed by atoms with van der Waals surface area (Å²) in [6.07, 6.45) is 2.50. The van der Waals surface area contributed by atoms with E-state index in [1.165, 1.54) is 10.9 Å². The number of aromatic carboxylic acids is 1. The second-order valence-electron chi connectivity index (χ2n) is 4.23. The molecule has 0 bridgehead atoms. The molecule has 0 unspecified atom stereocenters. The van der Waals surface area contributed by atoms with Crippen molar-refractivity contribution in [3.63, 3.8) is 0 Å². The molecule has 8 nitrogen and oxygen atoms in total. The lowest BCUT2D eigenvalue weighted by molar-refractivity contribution is -0.384. The molecule has 104 valence electrons. The number of carboxylic acid groups (broad SMARTS) is 1. The average molecular weight is 284 g/mol. The van der Waals surface area contributed by atoms with Gasteiger partial charge in [0.15, 0.2) is 0 Å². The van der Waals surface area contributed by atoms with Gasteiger partial charge in [-0.15, -0.1) is 0 Å². The van der Waals surface area contributed by atoms with Gasteiger partial charge in [0, 0.05) is 12.3 Å². The SMILES string of the molecule is O=C(O)c1cnc(-n2cnc3ccccc32)c([N+](=O)[O-])c1. The summed E-state index contributed by atoms with van der Waals surface area (Å²) >= 11 is 0. The molecule has 0 aliphatic carbocycles. The summed E-state index contributed by atoms with van der Waals surface area (Å²) in [4.78, 5) is 29.5. The van der Waals surface area contributed by atoms with Gasteiger partial charge in [-0.2, -0.15) is 0 Å². The molecule has 3 rings (SSSR count). The molecule has 0 spiro atoms. The van der Waals surface area contributed by atoms with Gasteiger partial charge in [-0.3, -0.25) is 14.7 Å². The minimum absolute atomic E-state index is 0.0266. The molecule has 2 heterocycles. The van der Waals surface area contributed by atoms with Crippen molar-refractivity contribution in [3.05, 3.63) is 58.5 Å². The van der Waals surface area contributed by atoms with Crippen LogP contribution in [0.2, 0.25) is 0 Å². The summed E-state index contributed by atoms with van der Waals surface area (Å²) in [6.45, 7) is 0. The number of pyridine rings is 1. The smallest absolute Gasteiger partial charge is 0.337 e. The minimum Gasteiger partial charge on any atom is -0.478 e. The van der Waals surface area contributed by atoms with E-state index in [1.807, 2.05) is 0 Å². The van der Waals surface area contributed by atoms with Crippen molar-refractivity contribution in [1.82, 2.24) is 14.5 Å². The highest BCUT2D eigenvalue weighted by Crippen LogP contribution is 2.25. The number of nitro groups is 1. The first-order valence-electron chi connectivity index (χ1n) is 5.88. The number of para-hydroxylation sites is 2. The Morgan fingerprint density at radius 2 is 2.05 bits per heavy atom. The molecule has 0 atom stereocenters. The zero-order chi connectivity index (χ0) is 15.0. The van der Waals surface area contributed by atoms with E-state index < -0.39 is 16.6 Å². The first kappa shape index (κ1) is 12.7. The average Bonchev–Trinajstić information content (AvgIpc) is 2.90. The molecule has 2 aromatic heterocycles. The van der Waals surface area contributed by atoms with Crippen molar-refractivity contribution in [2.45, 2.75) is 0 Å². The highest BCUT2D eigenvalue weighted by molar-refractivity contribution is 5.88. The number of carboxylic acids is 1. The van der Waals surface area contributed by atoms with Crippen LogP contribution in [0.3, 0.4) is 0 Å². The van der Waals surface area contributed by atoms with Gasteiger partial charge in [-0.25, -0.2) is 14.8 Å². The van der Waals surface area contributed by atoms with Crippen molar-refractivity contribution in [2.24, 2.45) is 0 Å². The molecule has 0 radical (unpaired) electrons. The lowest BCUT2D eigenvalue weighted by Gasteiger charge is -2.05. The Kier molecular flexibility index (Phi) is 2.83. The second kappa shape index (κ2) is 4.67. The van der Waals surface area contributed by atoms with Crippen LogP contribution in [0.15, 0.2) is 42.9 Å². The van der Waals surface area contributed by atoms with Gasteiger partial charge in [0.05, 0.1) is 21.5 Å². The van der Waals surface area contributed by atoms with E-state index in [4.69, 9.17) is 5.11 Å². The quantitative estimate of drug-likeness (QED) is 0.581. The fraction of sp³-hybridized carbons (Fsp3) is 0. The Balaban J connectivity index is 2.27. The van der Waals surface area contributed by atoms with Crippen LogP contribution >= 0.6 is 0 Å². The molecule has 1 N–H and O–H groups in total. The number of carbonyl (C=O) groups is 1. The van der Waals surface area contributed by atoms with Crippen LogP contribution < -0.4 is 0 Å². The third kappa shape index (κ3) is 2.08. The summed E-state index contributed by atoms with van der Waals surface area (Å²) in [7, 11) is 0. The first-order chi connectivity index (χ1) is 10.1. The van der Waals surface area contributed by atoms with E-state index in [2.05, 4.69) is 9.97 Å². The van der Waals surface area contributed by atoms with Crippen molar-refractivity contribution < 1.29 is 14.8 Å². The maximum atomic E-state index is 11.2. The minimum atomic E-state index is -1.27. The number of aromatic nitrogens is 3. The number of hydrogen-bond donors (Lipinski definition) is 1. The van der Waals surface area contributed by atoms with Crippen LogP contribution in [-0.2, 0) is 0 Å². The Morgan fingerprint density at radius 3 is 2.76 bits per heavy atom. The van der Waals surface area contributed by atoms with Gasteiger partial charge in [0.1, 0.15) is 6.33 Å². The fourth-order valence-electron chi connectivity index (χ4n) is 2.01. The topological polar surface area (TPSA) is 111 Å². The third-order valence-electron chi connectivity index (χ3n) is 2.97. The highest BCUT2D eigenvalue weighted by Gasteiger charge is 2.21. The third-order valence-corrected chi connectivity index (χ3v) is 2.97. The van der Waals surface area contributed by atoms with Crippen LogP contribution in [-0.4, -0.2) is 30.5 Å². The highest BCUT2D eigenvalue weighted by atomic mass is 16.6. The normalized spacial score (nSPS) is 10.7. The van der Waals surface area contributed by atoms with Gasteiger partial charge >= 0.3 is 11.7 Å². The molecule has 0 saturated heterocycles. The van der Waals surface area contributed by atoms with E-state index in [0.29, 0.717) is 11.0 Å². The molecular weight excluding hydrogens is 276 g/mol. The van der Waals surface area contributed by atoms with Crippen LogP contribution in [0, 0.1) is 10.1 Å². The molecule has 21 heavy (non-hydrogen) atoms. The summed E-state index contributed by atoms with van der Waals surface area (Å²) in [6, 6.07) is 8.08. The number of benzene rings is 1. The summed E-state index contributed by atoms with van der Waals surface area (Å²) in [5, 5.41) is 20.1. The predicted molar refractivity (Wildman–Crippen MR) is 72.5 cm³/mol. The molecule has 0 aliphatic heterocycles. The van der Waals surface area contributed by atoms with Gasteiger partial charge < -0.3 is 5.11 Å². The standard InChI is InChI=1S/C13H8N4O4/c18-13(19)8-5-11(17(20)21)12(14-6-8)16-7-15-9-3-1-2-4-10(9)16/h1-7H,(H,18,19). The zero-order valence-electron chi connectivity index (χ0n) is 10.5. The van der Waals surface area contributed by atoms with Gasteiger partial charge in [0.25, 0.3) is 0 Å². The molecule has 3 aromatic rings. The van der Waals surface area contributed by atoms with Crippen molar-refractivity contribution in [2.75, 3.05) is 0 Å². The second-order valence-corrected chi connectivity index (χ2v) is 4.23. The number of nitrogens with zero attached hydrogens (tertiary/aromatic N) is 4. The Hall–Kier alpha value is -3.29. The van der Waals surface area contributed by atoms with Crippen LogP contribution in [0.1, 0.15) is 10.4 Å². The molecule has 8 heteroatoms. The van der Waals surface area contributed by atoms with Crippen molar-refractivity contribution in [3.8, 4) is 5.82 Å². The first-order valence-corrected chi connectivity index (χ1v) is 5.88. The fourth-order valence-corrected chi connectivity index (χ4v) is 2.01. The zero-order valence-corrected chi connectivity index (χ0v) is 10.5. The molecule has 0 saturated carbocycles. The van der Waals surface area contributed by atoms with Crippen molar-refractivity contribution in [1.29, 1.82) is 0 Å². The number of fused-ring (bicyclic) bond motifs is 1. The largest absolute Gasteiger partial charge is 0.478 e. The van der Waals surface area contributed by atoms with Crippen LogP contribution in [0.25, 0.3) is 16.9 Å². The van der Waals surface area contributed by atoms with Crippen molar-refractivity contribution >= 4 is 22.7 Å². The van der Waals surface area contributed by atoms with E-state index in [1.54, 1.807) is 24.3 Å². The Bertz CT molecular complexity index is 871. The summed E-state index contributed by atoms with van der Waals surface area (Å²) in [5.74, 6) is -1.24. The molecule has 0 aliphatic rings. The van der Waals surface area contributed by atoms with Gasteiger partial charge in [-0.05, 0) is 12.1 Å². The monoisotopic (exact) mass is 284 g/mol. The van der Waals surface area contributed by atoms with E-state index in [-0.39, 0.29) is 11.4 Å². The molecule has 0 fully saturated rings. The summed E-state index contributed by atoms with van der Waals surface area (Å²) in [5.41, 5.74) is 0.681. The summed E-state index contributed by atoms with van der Waals surface area (Å²) < 4.78 is 1.46. The van der Waals surface area contributed by atoms with Crippen LogP contribution in [0.5, 0.6) is 0 Å². The van der Waals surface area contributed by atoms with E-state index in [0.717, 1.165) is 12.3 Å². The van der Waals surface area contributed by atoms with Gasteiger partial charge in [0.2, 0.25) is 5.82 Å². The van der Waals surface area contributed by atoms with E-state index in [9.17, 15) is 14.9 Å². The van der Waals surface area contributed by atoms with Crippen LogP contribution in [0.4, 0.5) is 5.69 Å². The number of hydrogen-bond acceptors (Lipinski definition) is 5. The number of imidazole rings is 1. The molecule has 1 aromatic carbocycles. The van der Waals surface area contributed by atoms with Gasteiger partial charge in [-0.1, -0.05) is 12.1 Å². The lowest BCUT2D eigenvalue weighted by atomic mass is 10.2.